The van der Waals surface area contributed by atoms with Crippen molar-refractivity contribution in [1.29, 1.82) is 0 Å². The fraction of sp³-hybridized carbons (Fsp3) is 0.280. The summed E-state index contributed by atoms with van der Waals surface area (Å²) in [4.78, 5) is 26.2. The van der Waals surface area contributed by atoms with Gasteiger partial charge in [0, 0.05) is 37.6 Å². The Balaban J connectivity index is 1.27. The first-order chi connectivity index (χ1) is 16.2. The van der Waals surface area contributed by atoms with Crippen molar-refractivity contribution in [2.24, 2.45) is 0 Å². The van der Waals surface area contributed by atoms with E-state index in [1.165, 1.54) is 11.3 Å². The standard InChI is InChI=1S/C25H27N7O/c1-2-19-8-10-20(11-9-19)29-23(33)17-32-25-22(16-28-32)24(26-18-27-25)31-14-12-30(13-15-31)21-6-4-3-5-7-21/h3-11,16,18H,2,12-15,17H2,1H3,(H,29,33). The molecule has 8 nitrogen and oxygen atoms in total. The Bertz CT molecular complexity index is 1230. The minimum Gasteiger partial charge on any atom is -0.368 e. The van der Waals surface area contributed by atoms with Crippen LogP contribution in [0, 0.1) is 0 Å². The number of aromatic nitrogens is 4. The van der Waals surface area contributed by atoms with Gasteiger partial charge in [-0.05, 0) is 36.2 Å². The second-order valence-corrected chi connectivity index (χ2v) is 8.15. The van der Waals surface area contributed by atoms with Crippen molar-refractivity contribution < 1.29 is 4.79 Å². The van der Waals surface area contributed by atoms with Crippen molar-refractivity contribution in [1.82, 2.24) is 19.7 Å². The molecule has 0 aliphatic carbocycles. The monoisotopic (exact) mass is 441 g/mol. The van der Waals surface area contributed by atoms with Crippen molar-refractivity contribution in [3.63, 3.8) is 0 Å². The van der Waals surface area contributed by atoms with E-state index < -0.39 is 0 Å². The van der Waals surface area contributed by atoms with Gasteiger partial charge in [0.15, 0.2) is 5.65 Å². The van der Waals surface area contributed by atoms with Gasteiger partial charge in [-0.2, -0.15) is 5.10 Å². The summed E-state index contributed by atoms with van der Waals surface area (Å²) in [5.41, 5.74) is 3.93. The highest BCUT2D eigenvalue weighted by Crippen LogP contribution is 2.25. The van der Waals surface area contributed by atoms with Gasteiger partial charge in [0.25, 0.3) is 0 Å². The smallest absolute Gasteiger partial charge is 0.246 e. The minimum absolute atomic E-state index is 0.0945. The van der Waals surface area contributed by atoms with Crippen LogP contribution in [-0.4, -0.2) is 51.8 Å². The third-order valence-corrected chi connectivity index (χ3v) is 6.05. The van der Waals surface area contributed by atoms with Crippen molar-refractivity contribution >= 4 is 34.1 Å². The van der Waals surface area contributed by atoms with E-state index in [2.05, 4.69) is 61.4 Å². The highest BCUT2D eigenvalue weighted by Gasteiger charge is 2.22. The van der Waals surface area contributed by atoms with Gasteiger partial charge in [0.05, 0.1) is 11.6 Å². The molecule has 2 aromatic carbocycles. The van der Waals surface area contributed by atoms with Crippen LogP contribution in [0.25, 0.3) is 11.0 Å². The van der Waals surface area contributed by atoms with E-state index in [1.807, 2.05) is 30.3 Å². The Morgan fingerprint density at radius 3 is 2.39 bits per heavy atom. The Labute approximate surface area is 192 Å². The molecule has 1 saturated heterocycles. The van der Waals surface area contributed by atoms with Crippen molar-refractivity contribution in [2.75, 3.05) is 41.3 Å². The molecule has 33 heavy (non-hydrogen) atoms. The largest absolute Gasteiger partial charge is 0.368 e. The number of hydrogen-bond acceptors (Lipinski definition) is 6. The van der Waals surface area contributed by atoms with Gasteiger partial charge < -0.3 is 15.1 Å². The third-order valence-electron chi connectivity index (χ3n) is 6.05. The summed E-state index contributed by atoms with van der Waals surface area (Å²) in [6, 6.07) is 18.4. The van der Waals surface area contributed by atoms with Crippen molar-refractivity contribution in [3.05, 3.63) is 72.7 Å². The van der Waals surface area contributed by atoms with Crippen LogP contribution in [0.2, 0.25) is 0 Å². The molecule has 0 atom stereocenters. The van der Waals surface area contributed by atoms with E-state index in [0.717, 1.165) is 49.5 Å². The van der Waals surface area contributed by atoms with E-state index in [0.29, 0.717) is 5.65 Å². The van der Waals surface area contributed by atoms with Crippen LogP contribution in [0.1, 0.15) is 12.5 Å². The zero-order chi connectivity index (χ0) is 22.6. The number of benzene rings is 2. The lowest BCUT2D eigenvalue weighted by Crippen LogP contribution is -2.46. The molecule has 168 valence electrons. The van der Waals surface area contributed by atoms with Crippen molar-refractivity contribution in [2.45, 2.75) is 19.9 Å². The number of anilines is 3. The molecule has 1 amide bonds. The summed E-state index contributed by atoms with van der Waals surface area (Å²) in [7, 11) is 0. The first-order valence-corrected chi connectivity index (χ1v) is 11.3. The molecular weight excluding hydrogens is 414 g/mol. The number of amides is 1. The number of carbonyl (C=O) groups is 1. The highest BCUT2D eigenvalue weighted by molar-refractivity contribution is 5.92. The van der Waals surface area contributed by atoms with E-state index in [1.54, 1.807) is 17.2 Å². The molecular formula is C25H27N7O. The number of nitrogens with one attached hydrogen (secondary N) is 1. The summed E-state index contributed by atoms with van der Waals surface area (Å²) in [5.74, 6) is 0.732. The molecule has 5 rings (SSSR count). The van der Waals surface area contributed by atoms with Gasteiger partial charge in [0.1, 0.15) is 18.7 Å². The topological polar surface area (TPSA) is 79.2 Å². The average molecular weight is 442 g/mol. The Hall–Kier alpha value is -3.94. The van der Waals surface area contributed by atoms with Crippen LogP contribution in [0.15, 0.2) is 67.1 Å². The van der Waals surface area contributed by atoms with Crippen molar-refractivity contribution in [3.8, 4) is 0 Å². The van der Waals surface area contributed by atoms with E-state index >= 15 is 0 Å². The zero-order valence-corrected chi connectivity index (χ0v) is 18.7. The number of fused-ring (bicyclic) bond motifs is 1. The molecule has 1 aliphatic heterocycles. The maximum atomic E-state index is 12.6. The summed E-state index contributed by atoms with van der Waals surface area (Å²) in [6.07, 6.45) is 4.29. The Morgan fingerprint density at radius 2 is 1.67 bits per heavy atom. The van der Waals surface area contributed by atoms with Gasteiger partial charge in [-0.1, -0.05) is 37.3 Å². The first-order valence-electron chi connectivity index (χ1n) is 11.3. The quantitative estimate of drug-likeness (QED) is 0.494. The summed E-state index contributed by atoms with van der Waals surface area (Å²) in [6.45, 7) is 5.76. The number of carbonyl (C=O) groups excluding carboxylic acids is 1. The molecule has 8 heteroatoms. The van der Waals surface area contributed by atoms with Gasteiger partial charge in [-0.3, -0.25) is 4.79 Å². The maximum Gasteiger partial charge on any atom is 0.246 e. The van der Waals surface area contributed by atoms with Gasteiger partial charge >= 0.3 is 0 Å². The lowest BCUT2D eigenvalue weighted by atomic mass is 10.1. The Morgan fingerprint density at radius 1 is 0.939 bits per heavy atom. The maximum absolute atomic E-state index is 12.6. The van der Waals surface area contributed by atoms with Crippen LogP contribution in [0.3, 0.4) is 0 Å². The molecule has 3 heterocycles. The fourth-order valence-corrected chi connectivity index (χ4v) is 4.22. The summed E-state index contributed by atoms with van der Waals surface area (Å²) < 4.78 is 1.64. The number of para-hydroxylation sites is 1. The number of hydrogen-bond donors (Lipinski definition) is 1. The van der Waals surface area contributed by atoms with Crippen LogP contribution >= 0.6 is 0 Å². The fourth-order valence-electron chi connectivity index (χ4n) is 4.22. The molecule has 2 aromatic heterocycles. The lowest BCUT2D eigenvalue weighted by molar-refractivity contribution is -0.116. The average Bonchev–Trinajstić information content (AvgIpc) is 3.28. The molecule has 1 aliphatic rings. The molecule has 0 bridgehead atoms. The lowest BCUT2D eigenvalue weighted by Gasteiger charge is -2.36. The molecule has 1 N–H and O–H groups in total. The van der Waals surface area contributed by atoms with E-state index in [-0.39, 0.29) is 12.5 Å². The zero-order valence-electron chi connectivity index (χ0n) is 18.7. The predicted octanol–water partition coefficient (Wildman–Crippen LogP) is 3.35. The third kappa shape index (κ3) is 4.50. The Kier molecular flexibility index (Phi) is 5.89. The van der Waals surface area contributed by atoms with Gasteiger partial charge in [-0.15, -0.1) is 0 Å². The van der Waals surface area contributed by atoms with Gasteiger partial charge in [0.2, 0.25) is 5.91 Å². The molecule has 4 aromatic rings. The second-order valence-electron chi connectivity index (χ2n) is 8.15. The number of rotatable bonds is 6. The van der Waals surface area contributed by atoms with Crippen LogP contribution in [0.4, 0.5) is 17.2 Å². The first kappa shape index (κ1) is 20.9. The number of nitrogens with zero attached hydrogens (tertiary/aromatic N) is 6. The van der Waals surface area contributed by atoms with Crippen LogP contribution < -0.4 is 15.1 Å². The number of piperazine rings is 1. The molecule has 1 fully saturated rings. The summed E-state index contributed by atoms with van der Waals surface area (Å²) >= 11 is 0. The summed E-state index contributed by atoms with van der Waals surface area (Å²) in [5, 5.41) is 8.24. The molecule has 0 spiro atoms. The van der Waals surface area contributed by atoms with Crippen LogP contribution in [0.5, 0.6) is 0 Å². The van der Waals surface area contributed by atoms with Crippen LogP contribution in [-0.2, 0) is 17.8 Å². The molecule has 0 unspecified atom stereocenters. The predicted molar refractivity (Wildman–Crippen MR) is 131 cm³/mol. The normalized spacial score (nSPS) is 14.0. The van der Waals surface area contributed by atoms with Gasteiger partial charge in [-0.25, -0.2) is 14.6 Å². The second kappa shape index (κ2) is 9.28. The number of aryl methyl sites for hydroxylation is 1. The molecule has 0 saturated carbocycles. The van der Waals surface area contributed by atoms with E-state index in [9.17, 15) is 4.79 Å². The van der Waals surface area contributed by atoms with E-state index in [4.69, 9.17) is 0 Å². The molecule has 0 radical (unpaired) electrons. The highest BCUT2D eigenvalue weighted by atomic mass is 16.2. The SMILES string of the molecule is CCc1ccc(NC(=O)Cn2ncc3c(N4CCN(c5ccccc5)CC4)ncnc32)cc1. The minimum atomic E-state index is -0.138.